The Balaban J connectivity index is 2.44. The maximum Gasteiger partial charge on any atom is 0.303 e. The molecule has 1 aromatic carbocycles. The van der Waals surface area contributed by atoms with Gasteiger partial charge in [-0.05, 0) is 18.2 Å². The van der Waals surface area contributed by atoms with Crippen molar-refractivity contribution in [1.82, 2.24) is 0 Å². The van der Waals surface area contributed by atoms with Crippen molar-refractivity contribution in [3.05, 3.63) is 29.3 Å². The van der Waals surface area contributed by atoms with Crippen LogP contribution >= 0.6 is 11.6 Å². The van der Waals surface area contributed by atoms with E-state index >= 15 is 0 Å². The lowest BCUT2D eigenvalue weighted by Crippen LogP contribution is -2.63. The van der Waals surface area contributed by atoms with Crippen LogP contribution in [0.5, 0.6) is 5.75 Å². The summed E-state index contributed by atoms with van der Waals surface area (Å²) in [4.78, 5) is 46.5. The second kappa shape index (κ2) is 11.0. The Morgan fingerprint density at radius 3 is 2.00 bits per heavy atom. The van der Waals surface area contributed by atoms with Crippen LogP contribution in [0.4, 0.5) is 0 Å². The van der Waals surface area contributed by atoms with Crippen LogP contribution in [0.25, 0.3) is 0 Å². The molecular formula is C20H23ClO10. The number of hydrogen-bond acceptors (Lipinski definition) is 10. The Bertz CT molecular complexity index is 826. The molecule has 0 saturated carbocycles. The van der Waals surface area contributed by atoms with Gasteiger partial charge in [0.15, 0.2) is 12.2 Å². The van der Waals surface area contributed by atoms with Crippen molar-refractivity contribution in [2.24, 2.45) is 0 Å². The molecule has 1 aliphatic rings. The Kier molecular flexibility index (Phi) is 8.64. The first-order valence-corrected chi connectivity index (χ1v) is 9.67. The predicted molar refractivity (Wildman–Crippen MR) is 104 cm³/mol. The summed E-state index contributed by atoms with van der Waals surface area (Å²) in [7, 11) is 0. The quantitative estimate of drug-likeness (QED) is 0.441. The lowest BCUT2D eigenvalue weighted by atomic mass is 9.98. The smallest absolute Gasteiger partial charge is 0.303 e. The van der Waals surface area contributed by atoms with E-state index in [0.717, 1.165) is 20.8 Å². The third kappa shape index (κ3) is 7.41. The van der Waals surface area contributed by atoms with Gasteiger partial charge in [-0.25, -0.2) is 0 Å². The molecule has 0 aromatic heterocycles. The van der Waals surface area contributed by atoms with E-state index in [2.05, 4.69) is 0 Å². The zero-order valence-electron chi connectivity index (χ0n) is 17.4. The van der Waals surface area contributed by atoms with Crippen molar-refractivity contribution in [3.63, 3.8) is 0 Å². The van der Waals surface area contributed by atoms with Gasteiger partial charge in [-0.3, -0.25) is 19.2 Å². The molecule has 1 heterocycles. The van der Waals surface area contributed by atoms with Gasteiger partial charge >= 0.3 is 23.9 Å². The highest BCUT2D eigenvalue weighted by molar-refractivity contribution is 6.30. The SMILES string of the molecule is CC(=O)OCC1OC(Oc2cccc(Cl)c2)C(OC(C)=O)C(OC(C)=O)C1OC(C)=O. The Morgan fingerprint density at radius 1 is 0.871 bits per heavy atom. The van der Waals surface area contributed by atoms with Crippen molar-refractivity contribution >= 4 is 35.5 Å². The lowest BCUT2D eigenvalue weighted by Gasteiger charge is -2.43. The third-order valence-electron chi connectivity index (χ3n) is 4.00. The van der Waals surface area contributed by atoms with E-state index in [-0.39, 0.29) is 12.4 Å². The highest BCUT2D eigenvalue weighted by Crippen LogP contribution is 2.31. The Hall–Kier alpha value is -2.85. The first-order valence-electron chi connectivity index (χ1n) is 9.29. The number of ether oxygens (including phenoxy) is 6. The fourth-order valence-electron chi connectivity index (χ4n) is 2.96. The second-order valence-electron chi connectivity index (χ2n) is 6.64. The van der Waals surface area contributed by atoms with Crippen LogP contribution in [0.2, 0.25) is 5.02 Å². The number of carbonyl (C=O) groups excluding carboxylic acids is 4. The normalized spacial score (nSPS) is 25.1. The van der Waals surface area contributed by atoms with E-state index in [1.807, 2.05) is 0 Å². The molecule has 0 aliphatic carbocycles. The molecule has 0 spiro atoms. The monoisotopic (exact) mass is 458 g/mol. The summed E-state index contributed by atoms with van der Waals surface area (Å²) in [5.41, 5.74) is 0. The number of halogens is 1. The number of carbonyl (C=O) groups is 4. The molecule has 10 nitrogen and oxygen atoms in total. The molecule has 1 aromatic rings. The molecule has 1 saturated heterocycles. The molecule has 1 fully saturated rings. The number of esters is 4. The minimum absolute atomic E-state index is 0.272. The summed E-state index contributed by atoms with van der Waals surface area (Å²) in [6.45, 7) is 4.28. The van der Waals surface area contributed by atoms with Crippen LogP contribution in [-0.4, -0.2) is 61.2 Å². The minimum atomic E-state index is -1.31. The first kappa shape index (κ1) is 24.4. The van der Waals surface area contributed by atoms with Crippen molar-refractivity contribution in [2.45, 2.75) is 58.4 Å². The van der Waals surface area contributed by atoms with Crippen LogP contribution in [-0.2, 0) is 42.9 Å². The maximum atomic E-state index is 11.8. The summed E-state index contributed by atoms with van der Waals surface area (Å²) in [5.74, 6) is -2.49. The molecule has 0 bridgehead atoms. The van der Waals surface area contributed by atoms with Crippen LogP contribution in [0.15, 0.2) is 24.3 Å². The van der Waals surface area contributed by atoms with Gasteiger partial charge in [-0.1, -0.05) is 17.7 Å². The number of hydrogen-bond donors (Lipinski definition) is 0. The molecule has 5 unspecified atom stereocenters. The van der Waals surface area contributed by atoms with E-state index < -0.39 is 54.6 Å². The average molecular weight is 459 g/mol. The van der Waals surface area contributed by atoms with Crippen molar-refractivity contribution in [1.29, 1.82) is 0 Å². The molecule has 2 rings (SSSR count). The fourth-order valence-corrected chi connectivity index (χ4v) is 3.14. The van der Waals surface area contributed by atoms with E-state index in [1.54, 1.807) is 18.2 Å². The van der Waals surface area contributed by atoms with E-state index in [4.69, 9.17) is 40.0 Å². The number of benzene rings is 1. The van der Waals surface area contributed by atoms with Gasteiger partial charge in [-0.2, -0.15) is 0 Å². The largest absolute Gasteiger partial charge is 0.463 e. The standard InChI is InChI=1S/C20H23ClO10/c1-10(22)26-9-16-17(27-11(2)23)18(28-12(3)24)19(29-13(4)25)20(31-16)30-15-7-5-6-14(21)8-15/h5-8,16-20H,9H2,1-4H3. The molecule has 0 amide bonds. The third-order valence-corrected chi connectivity index (χ3v) is 4.23. The van der Waals surface area contributed by atoms with Crippen LogP contribution in [0.3, 0.4) is 0 Å². The van der Waals surface area contributed by atoms with E-state index in [9.17, 15) is 19.2 Å². The molecule has 1 aliphatic heterocycles. The fraction of sp³-hybridized carbons (Fsp3) is 0.500. The van der Waals surface area contributed by atoms with Gasteiger partial charge in [0.05, 0.1) is 0 Å². The Morgan fingerprint density at radius 2 is 1.45 bits per heavy atom. The van der Waals surface area contributed by atoms with Crippen molar-refractivity contribution in [3.8, 4) is 5.75 Å². The summed E-state index contributed by atoms with van der Waals surface area (Å²) >= 11 is 5.98. The molecule has 0 N–H and O–H groups in total. The predicted octanol–water partition coefficient (Wildman–Crippen LogP) is 1.80. The highest BCUT2D eigenvalue weighted by Gasteiger charge is 2.53. The second-order valence-corrected chi connectivity index (χ2v) is 7.08. The molecule has 11 heteroatoms. The van der Waals surface area contributed by atoms with Crippen molar-refractivity contribution < 1.29 is 47.6 Å². The van der Waals surface area contributed by atoms with E-state index in [0.29, 0.717) is 5.02 Å². The van der Waals surface area contributed by atoms with Gasteiger partial charge in [0.2, 0.25) is 12.4 Å². The first-order chi connectivity index (χ1) is 14.6. The topological polar surface area (TPSA) is 124 Å². The molecule has 5 atom stereocenters. The molecular weight excluding hydrogens is 436 g/mol. The summed E-state index contributed by atoms with van der Waals surface area (Å²) in [5, 5.41) is 0.378. The molecule has 170 valence electrons. The average Bonchev–Trinajstić information content (AvgIpc) is 2.64. The minimum Gasteiger partial charge on any atom is -0.463 e. The highest BCUT2D eigenvalue weighted by atomic mass is 35.5. The maximum absolute atomic E-state index is 11.8. The summed E-state index contributed by atoms with van der Waals surface area (Å²) in [6.07, 6.45) is -6.25. The van der Waals surface area contributed by atoms with E-state index in [1.165, 1.54) is 13.0 Å². The summed E-state index contributed by atoms with van der Waals surface area (Å²) in [6, 6.07) is 6.33. The van der Waals surface area contributed by atoms with Crippen LogP contribution < -0.4 is 4.74 Å². The number of rotatable bonds is 7. The molecule has 0 radical (unpaired) electrons. The lowest BCUT2D eigenvalue weighted by molar-refractivity contribution is -0.288. The zero-order valence-corrected chi connectivity index (χ0v) is 18.1. The van der Waals surface area contributed by atoms with Crippen LogP contribution in [0.1, 0.15) is 27.7 Å². The van der Waals surface area contributed by atoms with Gasteiger partial charge in [0.1, 0.15) is 18.5 Å². The van der Waals surface area contributed by atoms with Crippen molar-refractivity contribution in [2.75, 3.05) is 6.61 Å². The Labute approximate surface area is 183 Å². The van der Waals surface area contributed by atoms with Crippen LogP contribution in [0, 0.1) is 0 Å². The summed E-state index contributed by atoms with van der Waals surface area (Å²) < 4.78 is 32.5. The van der Waals surface area contributed by atoms with Gasteiger partial charge in [0, 0.05) is 32.7 Å². The molecule has 31 heavy (non-hydrogen) atoms. The van der Waals surface area contributed by atoms with Gasteiger partial charge < -0.3 is 28.4 Å². The van der Waals surface area contributed by atoms with Gasteiger partial charge in [0.25, 0.3) is 0 Å². The van der Waals surface area contributed by atoms with Gasteiger partial charge in [-0.15, -0.1) is 0 Å². The zero-order chi connectivity index (χ0) is 23.1.